The molecule has 2 aromatic rings. The Morgan fingerprint density at radius 3 is 2.78 bits per heavy atom. The number of hydrogen-bond donors (Lipinski definition) is 2. The SMILES string of the molecule is CCNC(=NCc1cccnc1OCC)NCCn1cccc1. The summed E-state index contributed by atoms with van der Waals surface area (Å²) in [5, 5.41) is 6.59. The molecule has 2 aromatic heterocycles. The highest BCUT2D eigenvalue weighted by atomic mass is 16.5. The summed E-state index contributed by atoms with van der Waals surface area (Å²) < 4.78 is 7.66. The van der Waals surface area contributed by atoms with Crippen LogP contribution in [0.3, 0.4) is 0 Å². The first-order chi connectivity index (χ1) is 11.3. The van der Waals surface area contributed by atoms with Gasteiger partial charge in [-0.3, -0.25) is 0 Å². The van der Waals surface area contributed by atoms with E-state index in [-0.39, 0.29) is 0 Å². The second kappa shape index (κ2) is 9.50. The van der Waals surface area contributed by atoms with Crippen molar-refractivity contribution in [3.63, 3.8) is 0 Å². The number of rotatable bonds is 8. The number of aromatic nitrogens is 2. The molecule has 0 radical (unpaired) electrons. The molecule has 0 spiro atoms. The van der Waals surface area contributed by atoms with E-state index in [9.17, 15) is 0 Å². The van der Waals surface area contributed by atoms with Gasteiger partial charge in [-0.2, -0.15) is 0 Å². The lowest BCUT2D eigenvalue weighted by Gasteiger charge is -2.12. The van der Waals surface area contributed by atoms with Crippen molar-refractivity contribution in [1.29, 1.82) is 0 Å². The summed E-state index contributed by atoms with van der Waals surface area (Å²) in [6.45, 7) is 7.67. The molecule has 6 nitrogen and oxygen atoms in total. The average Bonchev–Trinajstić information content (AvgIpc) is 3.07. The van der Waals surface area contributed by atoms with Gasteiger partial charge in [0.25, 0.3) is 0 Å². The van der Waals surface area contributed by atoms with E-state index in [1.807, 2.05) is 31.2 Å². The molecule has 0 atom stereocenters. The van der Waals surface area contributed by atoms with Crippen LogP contribution in [-0.2, 0) is 13.1 Å². The van der Waals surface area contributed by atoms with Crippen LogP contribution in [0.4, 0.5) is 0 Å². The highest BCUT2D eigenvalue weighted by Gasteiger charge is 2.04. The number of pyridine rings is 1. The molecule has 0 fully saturated rings. The van der Waals surface area contributed by atoms with Crippen molar-refractivity contribution < 1.29 is 4.74 Å². The molecule has 0 amide bonds. The maximum Gasteiger partial charge on any atom is 0.218 e. The molecule has 0 aliphatic heterocycles. The first kappa shape index (κ1) is 16.9. The standard InChI is InChI=1S/C17H25N5O/c1-3-18-17(20-10-13-22-11-5-6-12-22)21-14-15-8-7-9-19-16(15)23-4-2/h5-9,11-12H,3-4,10,13-14H2,1-2H3,(H2,18,20,21). The van der Waals surface area contributed by atoms with Crippen molar-refractivity contribution in [2.24, 2.45) is 4.99 Å². The van der Waals surface area contributed by atoms with Gasteiger partial charge in [0.05, 0.1) is 13.2 Å². The van der Waals surface area contributed by atoms with Gasteiger partial charge in [0, 0.05) is 43.8 Å². The maximum atomic E-state index is 5.53. The van der Waals surface area contributed by atoms with E-state index in [1.54, 1.807) is 6.20 Å². The minimum atomic E-state index is 0.530. The van der Waals surface area contributed by atoms with Gasteiger partial charge in [0.15, 0.2) is 5.96 Å². The summed E-state index contributed by atoms with van der Waals surface area (Å²) in [7, 11) is 0. The summed E-state index contributed by atoms with van der Waals surface area (Å²) in [6.07, 6.45) is 5.84. The molecule has 23 heavy (non-hydrogen) atoms. The minimum absolute atomic E-state index is 0.530. The number of nitrogens with one attached hydrogen (secondary N) is 2. The molecule has 2 heterocycles. The van der Waals surface area contributed by atoms with Crippen LogP contribution < -0.4 is 15.4 Å². The summed E-state index contributed by atoms with van der Waals surface area (Å²) in [6, 6.07) is 7.94. The lowest BCUT2D eigenvalue weighted by Crippen LogP contribution is -2.38. The van der Waals surface area contributed by atoms with Crippen molar-refractivity contribution in [1.82, 2.24) is 20.2 Å². The molecule has 2 rings (SSSR count). The fraction of sp³-hybridized carbons (Fsp3) is 0.412. The van der Waals surface area contributed by atoms with Crippen LogP contribution in [0.15, 0.2) is 47.8 Å². The third-order valence-corrected chi connectivity index (χ3v) is 3.21. The minimum Gasteiger partial charge on any atom is -0.478 e. The molecule has 2 N–H and O–H groups in total. The van der Waals surface area contributed by atoms with Gasteiger partial charge >= 0.3 is 0 Å². The predicted molar refractivity (Wildman–Crippen MR) is 92.7 cm³/mol. The first-order valence-corrected chi connectivity index (χ1v) is 8.03. The normalized spacial score (nSPS) is 11.3. The molecule has 6 heteroatoms. The quantitative estimate of drug-likeness (QED) is 0.578. The van der Waals surface area contributed by atoms with Gasteiger partial charge < -0.3 is 19.9 Å². The van der Waals surface area contributed by atoms with E-state index >= 15 is 0 Å². The highest BCUT2D eigenvalue weighted by molar-refractivity contribution is 5.79. The maximum absolute atomic E-state index is 5.53. The third-order valence-electron chi connectivity index (χ3n) is 3.21. The molecule has 0 aliphatic rings. The Hall–Kier alpha value is -2.50. The zero-order chi connectivity index (χ0) is 16.3. The van der Waals surface area contributed by atoms with Crippen LogP contribution in [0.25, 0.3) is 0 Å². The smallest absolute Gasteiger partial charge is 0.218 e. The van der Waals surface area contributed by atoms with Crippen LogP contribution in [0.2, 0.25) is 0 Å². The Morgan fingerprint density at radius 1 is 1.22 bits per heavy atom. The molecule has 0 saturated heterocycles. The summed E-state index contributed by atoms with van der Waals surface area (Å²) in [4.78, 5) is 8.86. The molecule has 0 aromatic carbocycles. The van der Waals surface area contributed by atoms with Crippen LogP contribution in [0.1, 0.15) is 19.4 Å². The van der Waals surface area contributed by atoms with E-state index in [2.05, 4.69) is 44.5 Å². The van der Waals surface area contributed by atoms with E-state index < -0.39 is 0 Å². The molecule has 0 saturated carbocycles. The van der Waals surface area contributed by atoms with Crippen molar-refractivity contribution >= 4 is 5.96 Å². The topological polar surface area (TPSA) is 63.5 Å². The fourth-order valence-electron chi connectivity index (χ4n) is 2.14. The number of hydrogen-bond acceptors (Lipinski definition) is 3. The van der Waals surface area contributed by atoms with Crippen molar-refractivity contribution in [3.8, 4) is 5.88 Å². The average molecular weight is 315 g/mol. The molecule has 0 bridgehead atoms. The molecule has 0 unspecified atom stereocenters. The Labute approximate surface area is 137 Å². The monoisotopic (exact) mass is 315 g/mol. The van der Waals surface area contributed by atoms with Crippen LogP contribution in [0.5, 0.6) is 5.88 Å². The Morgan fingerprint density at radius 2 is 2.04 bits per heavy atom. The zero-order valence-corrected chi connectivity index (χ0v) is 13.8. The van der Waals surface area contributed by atoms with Gasteiger partial charge in [-0.15, -0.1) is 0 Å². The lowest BCUT2D eigenvalue weighted by atomic mass is 10.3. The number of nitrogens with zero attached hydrogens (tertiary/aromatic N) is 3. The fourth-order valence-corrected chi connectivity index (χ4v) is 2.14. The van der Waals surface area contributed by atoms with Crippen molar-refractivity contribution in [2.75, 3.05) is 19.7 Å². The van der Waals surface area contributed by atoms with Gasteiger partial charge in [-0.25, -0.2) is 9.98 Å². The second-order valence-electron chi connectivity index (χ2n) is 4.94. The van der Waals surface area contributed by atoms with E-state index in [0.29, 0.717) is 19.0 Å². The summed E-state index contributed by atoms with van der Waals surface area (Å²) in [5.74, 6) is 1.45. The largest absolute Gasteiger partial charge is 0.478 e. The third kappa shape index (κ3) is 5.65. The zero-order valence-electron chi connectivity index (χ0n) is 13.8. The van der Waals surface area contributed by atoms with Crippen molar-refractivity contribution in [2.45, 2.75) is 26.9 Å². The summed E-state index contributed by atoms with van der Waals surface area (Å²) in [5.41, 5.74) is 0.983. The van der Waals surface area contributed by atoms with E-state index in [4.69, 9.17) is 4.74 Å². The second-order valence-corrected chi connectivity index (χ2v) is 4.94. The lowest BCUT2D eigenvalue weighted by molar-refractivity contribution is 0.323. The van der Waals surface area contributed by atoms with Crippen LogP contribution in [-0.4, -0.2) is 35.2 Å². The van der Waals surface area contributed by atoms with E-state index in [0.717, 1.165) is 31.2 Å². The molecular weight excluding hydrogens is 290 g/mol. The van der Waals surface area contributed by atoms with Gasteiger partial charge in [0.2, 0.25) is 5.88 Å². The van der Waals surface area contributed by atoms with Gasteiger partial charge in [-0.1, -0.05) is 6.07 Å². The summed E-state index contributed by atoms with van der Waals surface area (Å²) >= 11 is 0. The number of aliphatic imine (C=N–C) groups is 1. The highest BCUT2D eigenvalue weighted by Crippen LogP contribution is 2.15. The molecule has 0 aliphatic carbocycles. The first-order valence-electron chi connectivity index (χ1n) is 8.03. The van der Waals surface area contributed by atoms with Crippen LogP contribution >= 0.6 is 0 Å². The number of ether oxygens (including phenoxy) is 1. The van der Waals surface area contributed by atoms with E-state index in [1.165, 1.54) is 0 Å². The molecular formula is C17H25N5O. The Balaban J connectivity index is 1.92. The predicted octanol–water partition coefficient (Wildman–Crippen LogP) is 2.04. The molecule has 124 valence electrons. The van der Waals surface area contributed by atoms with Crippen LogP contribution in [0, 0.1) is 0 Å². The Kier molecular flexibility index (Phi) is 6.97. The van der Waals surface area contributed by atoms with Gasteiger partial charge in [-0.05, 0) is 32.0 Å². The van der Waals surface area contributed by atoms with Gasteiger partial charge in [0.1, 0.15) is 0 Å². The number of guanidine groups is 1. The Bertz CT molecular complexity index is 595. The van der Waals surface area contributed by atoms with Crippen molar-refractivity contribution in [3.05, 3.63) is 48.4 Å².